The third-order valence-corrected chi connectivity index (χ3v) is 6.09. The Balaban J connectivity index is 1.77. The van der Waals surface area contributed by atoms with Crippen molar-refractivity contribution in [3.8, 4) is 0 Å². The van der Waals surface area contributed by atoms with E-state index in [9.17, 15) is 22.5 Å². The van der Waals surface area contributed by atoms with Gasteiger partial charge >= 0.3 is 0 Å². The summed E-state index contributed by atoms with van der Waals surface area (Å²) in [5, 5.41) is 4.22. The Bertz CT molecular complexity index is 752. The molecule has 3 unspecified atom stereocenters. The van der Waals surface area contributed by atoms with Crippen molar-refractivity contribution in [1.29, 1.82) is 0 Å². The molecule has 0 radical (unpaired) electrons. The van der Waals surface area contributed by atoms with Gasteiger partial charge in [-0.1, -0.05) is 10.4 Å². The first-order valence-electron chi connectivity index (χ1n) is 7.26. The van der Waals surface area contributed by atoms with Crippen molar-refractivity contribution >= 4 is 34.5 Å². The highest BCUT2D eigenvalue weighted by molar-refractivity contribution is 7.87. The predicted molar refractivity (Wildman–Crippen MR) is 89.5 cm³/mol. The number of hydrogen-bond acceptors (Lipinski definition) is 5. The Kier molecular flexibility index (Phi) is 5.35. The summed E-state index contributed by atoms with van der Waals surface area (Å²) in [7, 11) is 1.50. The van der Waals surface area contributed by atoms with Gasteiger partial charge in [0.2, 0.25) is 5.91 Å². The summed E-state index contributed by atoms with van der Waals surface area (Å²) in [5.74, 6) is -4.97. The van der Waals surface area contributed by atoms with Crippen LogP contribution in [0.15, 0.2) is 29.6 Å². The molecule has 3 atom stereocenters. The second-order valence-corrected chi connectivity index (χ2v) is 7.77. The van der Waals surface area contributed by atoms with Gasteiger partial charge in [-0.2, -0.15) is 0 Å². The van der Waals surface area contributed by atoms with Crippen LogP contribution < -0.4 is 10.0 Å². The van der Waals surface area contributed by atoms with Crippen molar-refractivity contribution in [2.24, 2.45) is 0 Å². The molecule has 0 aliphatic carbocycles. The lowest BCUT2D eigenvalue weighted by Gasteiger charge is -2.35. The highest BCUT2D eigenvalue weighted by atomic mass is 32.2. The van der Waals surface area contributed by atoms with Gasteiger partial charge in [0.1, 0.15) is 17.6 Å². The van der Waals surface area contributed by atoms with E-state index in [1.54, 1.807) is 0 Å². The Labute approximate surface area is 149 Å². The minimum Gasteiger partial charge on any atom is -0.579 e. The number of nitrogens with one attached hydrogen (secondary N) is 2. The van der Waals surface area contributed by atoms with Gasteiger partial charge < -0.3 is 9.87 Å². The molecule has 5 nitrogen and oxygen atoms in total. The van der Waals surface area contributed by atoms with Crippen molar-refractivity contribution in [3.05, 3.63) is 52.0 Å². The fourth-order valence-corrected chi connectivity index (χ4v) is 4.44. The molecule has 1 amide bonds. The van der Waals surface area contributed by atoms with Crippen LogP contribution in [0.2, 0.25) is 0 Å². The molecule has 1 aliphatic heterocycles. The van der Waals surface area contributed by atoms with Crippen LogP contribution in [-0.2, 0) is 16.3 Å². The van der Waals surface area contributed by atoms with E-state index < -0.39 is 40.9 Å². The van der Waals surface area contributed by atoms with Crippen LogP contribution in [0.3, 0.4) is 0 Å². The molecule has 1 saturated heterocycles. The SMILES string of the molecule is CN1C(C(=O)Nc2cc(F)c(F)c(F)c2)CC(c2cccs2)N[S+]1[O-]. The van der Waals surface area contributed by atoms with E-state index in [-0.39, 0.29) is 11.7 Å². The summed E-state index contributed by atoms with van der Waals surface area (Å²) < 4.78 is 56.0. The lowest BCUT2D eigenvalue weighted by Crippen LogP contribution is -2.55. The first kappa shape index (κ1) is 18.2. The lowest BCUT2D eigenvalue weighted by atomic mass is 10.1. The predicted octanol–water partition coefficient (Wildman–Crippen LogP) is 2.72. The largest absolute Gasteiger partial charge is 0.579 e. The molecule has 0 saturated carbocycles. The van der Waals surface area contributed by atoms with Crippen molar-refractivity contribution in [1.82, 2.24) is 9.03 Å². The average Bonchev–Trinajstić information content (AvgIpc) is 3.09. The van der Waals surface area contributed by atoms with Gasteiger partial charge in [0.05, 0.1) is 6.04 Å². The first-order chi connectivity index (χ1) is 11.9. The van der Waals surface area contributed by atoms with E-state index in [0.717, 1.165) is 4.88 Å². The lowest BCUT2D eigenvalue weighted by molar-refractivity contribution is -0.120. The molecule has 1 aromatic heterocycles. The third-order valence-electron chi connectivity index (χ3n) is 3.84. The van der Waals surface area contributed by atoms with Crippen LogP contribution in [0, 0.1) is 17.5 Å². The topological polar surface area (TPSA) is 67.4 Å². The minimum absolute atomic E-state index is 0.202. The molecular formula is C15H14F3N3O2S2. The van der Waals surface area contributed by atoms with Crippen LogP contribution >= 0.6 is 11.3 Å². The molecule has 0 spiro atoms. The van der Waals surface area contributed by atoms with E-state index in [0.29, 0.717) is 18.6 Å². The molecule has 1 aromatic carbocycles. The van der Waals surface area contributed by atoms with Crippen LogP contribution in [0.1, 0.15) is 17.3 Å². The van der Waals surface area contributed by atoms with Crippen molar-refractivity contribution in [3.63, 3.8) is 0 Å². The van der Waals surface area contributed by atoms with Crippen LogP contribution in [0.5, 0.6) is 0 Å². The number of carbonyl (C=O) groups excluding carboxylic acids is 1. The summed E-state index contributed by atoms with van der Waals surface area (Å²) in [5.41, 5.74) is -0.202. The molecule has 0 bridgehead atoms. The zero-order valence-corrected chi connectivity index (χ0v) is 14.6. The Morgan fingerprint density at radius 1 is 1.40 bits per heavy atom. The van der Waals surface area contributed by atoms with Crippen molar-refractivity contribution in [2.75, 3.05) is 12.4 Å². The monoisotopic (exact) mass is 389 g/mol. The van der Waals surface area contributed by atoms with E-state index in [4.69, 9.17) is 0 Å². The van der Waals surface area contributed by atoms with Gasteiger partial charge in [-0.05, 0) is 11.4 Å². The Morgan fingerprint density at radius 3 is 2.68 bits per heavy atom. The summed E-state index contributed by atoms with van der Waals surface area (Å²) in [6, 6.07) is 4.04. The van der Waals surface area contributed by atoms with Crippen molar-refractivity contribution in [2.45, 2.75) is 18.5 Å². The minimum atomic E-state index is -1.60. The van der Waals surface area contributed by atoms with Crippen LogP contribution in [0.4, 0.5) is 18.9 Å². The number of anilines is 1. The van der Waals surface area contributed by atoms with E-state index >= 15 is 0 Å². The number of likely N-dealkylation sites (N-methyl/N-ethyl adjacent to an activating group) is 1. The van der Waals surface area contributed by atoms with Crippen LogP contribution in [-0.4, -0.2) is 27.9 Å². The Hall–Kier alpha value is -1.59. The van der Waals surface area contributed by atoms with Gasteiger partial charge in [0, 0.05) is 36.2 Å². The Morgan fingerprint density at radius 2 is 2.08 bits per heavy atom. The maximum absolute atomic E-state index is 13.3. The summed E-state index contributed by atoms with van der Waals surface area (Å²) in [6.45, 7) is 0. The molecule has 1 aliphatic rings. The number of nitrogens with zero attached hydrogens (tertiary/aromatic N) is 1. The smallest absolute Gasteiger partial charge is 0.246 e. The van der Waals surface area contributed by atoms with Gasteiger partial charge in [0.25, 0.3) is 0 Å². The fourth-order valence-electron chi connectivity index (χ4n) is 2.53. The van der Waals surface area contributed by atoms with E-state index in [1.807, 2.05) is 17.5 Å². The van der Waals surface area contributed by atoms with Gasteiger partial charge in [-0.3, -0.25) is 4.79 Å². The molecule has 25 heavy (non-hydrogen) atoms. The zero-order valence-electron chi connectivity index (χ0n) is 13.0. The van der Waals surface area contributed by atoms with Gasteiger partial charge in [0.15, 0.2) is 17.5 Å². The summed E-state index contributed by atoms with van der Waals surface area (Å²) in [6.07, 6.45) is 0.320. The fraction of sp³-hybridized carbons (Fsp3) is 0.267. The second-order valence-electron chi connectivity index (χ2n) is 5.48. The number of carbonyl (C=O) groups is 1. The van der Waals surface area contributed by atoms with Crippen LogP contribution in [0.25, 0.3) is 0 Å². The highest BCUT2D eigenvalue weighted by Crippen LogP contribution is 2.31. The molecule has 3 rings (SSSR count). The number of amides is 1. The number of benzene rings is 1. The summed E-state index contributed by atoms with van der Waals surface area (Å²) >= 11 is -0.132. The molecule has 2 aromatic rings. The molecule has 10 heteroatoms. The molecule has 2 heterocycles. The average molecular weight is 389 g/mol. The maximum Gasteiger partial charge on any atom is 0.246 e. The quantitative estimate of drug-likeness (QED) is 0.626. The second kappa shape index (κ2) is 7.34. The maximum atomic E-state index is 13.3. The highest BCUT2D eigenvalue weighted by Gasteiger charge is 2.41. The number of halogens is 3. The third kappa shape index (κ3) is 3.82. The number of thiophene rings is 1. The van der Waals surface area contributed by atoms with Gasteiger partial charge in [-0.15, -0.1) is 16.1 Å². The number of rotatable bonds is 3. The zero-order chi connectivity index (χ0) is 18.1. The summed E-state index contributed by atoms with van der Waals surface area (Å²) in [4.78, 5) is 13.4. The van der Waals surface area contributed by atoms with Crippen molar-refractivity contribution < 1.29 is 22.5 Å². The molecular weight excluding hydrogens is 375 g/mol. The first-order valence-corrected chi connectivity index (χ1v) is 9.25. The van der Waals surface area contributed by atoms with Gasteiger partial charge in [-0.25, -0.2) is 13.2 Å². The molecule has 2 N–H and O–H groups in total. The molecule has 1 fully saturated rings. The van der Waals surface area contributed by atoms with E-state index in [1.165, 1.54) is 22.7 Å². The van der Waals surface area contributed by atoms with E-state index in [2.05, 4.69) is 10.0 Å². The molecule has 134 valence electrons. The standard InChI is InChI=1S/C15H14F3N3O2S2/c1-21-12(7-11(20-25(21)23)13-3-2-4-24-13)15(22)19-8-5-9(16)14(18)10(17)6-8/h2-6,11-12,20H,7H2,1H3,(H,19,22). The number of hydrogen-bond donors (Lipinski definition) is 2. The normalized spacial score (nSPS) is 24.3.